The first-order chi connectivity index (χ1) is 18.3. The van der Waals surface area contributed by atoms with Crippen molar-refractivity contribution in [2.75, 3.05) is 20.3 Å². The third-order valence-electron chi connectivity index (χ3n) is 7.26. The van der Waals surface area contributed by atoms with Gasteiger partial charge in [0, 0.05) is 7.11 Å². The van der Waals surface area contributed by atoms with Gasteiger partial charge in [-0.05, 0) is 90.5 Å². The average Bonchev–Trinajstić information content (AvgIpc) is 2.93. The fraction of sp³-hybridized carbons (Fsp3) is 0.438. The van der Waals surface area contributed by atoms with Crippen molar-refractivity contribution in [2.45, 2.75) is 64.7 Å². The number of aliphatic hydroxyl groups is 1. The van der Waals surface area contributed by atoms with Crippen LogP contribution < -0.4 is 9.47 Å². The quantitative estimate of drug-likeness (QED) is 0.194. The number of carbonyl (C=O) groups is 2. The van der Waals surface area contributed by atoms with Gasteiger partial charge in [0.25, 0.3) is 0 Å². The Labute approximate surface area is 226 Å². The second-order valence-corrected chi connectivity index (χ2v) is 10.0. The number of hydrogen-bond acceptors (Lipinski definition) is 6. The van der Waals surface area contributed by atoms with E-state index in [4.69, 9.17) is 19.3 Å². The first-order valence-electron chi connectivity index (χ1n) is 13.5. The number of rotatable bonds is 12. The summed E-state index contributed by atoms with van der Waals surface area (Å²) in [5.41, 5.74) is 4.37. The molecular weight excluding hydrogens is 480 g/mol. The highest BCUT2D eigenvalue weighted by atomic mass is 16.5. The van der Waals surface area contributed by atoms with E-state index in [1.807, 2.05) is 31.2 Å². The molecule has 6 nitrogen and oxygen atoms in total. The van der Waals surface area contributed by atoms with Crippen LogP contribution in [0.3, 0.4) is 0 Å². The van der Waals surface area contributed by atoms with Crippen molar-refractivity contribution in [3.8, 4) is 22.6 Å². The molecule has 1 saturated carbocycles. The third-order valence-corrected chi connectivity index (χ3v) is 7.26. The first kappa shape index (κ1) is 29.3. The molecule has 0 amide bonds. The van der Waals surface area contributed by atoms with Gasteiger partial charge in [0.2, 0.25) is 0 Å². The first-order valence-corrected chi connectivity index (χ1v) is 13.5. The molecule has 0 spiro atoms. The molecule has 0 unspecified atom stereocenters. The van der Waals surface area contributed by atoms with Crippen molar-refractivity contribution in [1.29, 1.82) is 0 Å². The zero-order valence-electron chi connectivity index (χ0n) is 22.9. The monoisotopic (exact) mass is 520 g/mol. The minimum Gasteiger partial charge on any atom is -0.423 e. The smallest absolute Gasteiger partial charge is 0.341 e. The van der Waals surface area contributed by atoms with E-state index in [0.29, 0.717) is 17.4 Å². The molecule has 0 bridgehead atoms. The average molecular weight is 521 g/mol. The second-order valence-electron chi connectivity index (χ2n) is 10.0. The summed E-state index contributed by atoms with van der Waals surface area (Å²) >= 11 is 0. The van der Waals surface area contributed by atoms with Crippen LogP contribution in [0.4, 0.5) is 0 Å². The van der Waals surface area contributed by atoms with Crippen molar-refractivity contribution in [1.82, 2.24) is 0 Å². The van der Waals surface area contributed by atoms with E-state index >= 15 is 0 Å². The van der Waals surface area contributed by atoms with Crippen LogP contribution in [0.25, 0.3) is 11.1 Å². The number of esters is 2. The topological polar surface area (TPSA) is 82.1 Å². The van der Waals surface area contributed by atoms with Gasteiger partial charge in [-0.2, -0.15) is 0 Å². The van der Waals surface area contributed by atoms with E-state index in [1.165, 1.54) is 32.8 Å². The Morgan fingerprint density at radius 2 is 1.66 bits per heavy atom. The summed E-state index contributed by atoms with van der Waals surface area (Å²) in [5, 5.41) is 9.14. The Bertz CT molecular complexity index is 1160. The highest BCUT2D eigenvalue weighted by molar-refractivity contribution is 5.90. The van der Waals surface area contributed by atoms with Gasteiger partial charge < -0.3 is 19.3 Å². The van der Waals surface area contributed by atoms with Crippen molar-refractivity contribution >= 4 is 11.9 Å². The summed E-state index contributed by atoms with van der Waals surface area (Å²) < 4.78 is 16.3. The minimum atomic E-state index is -0.649. The van der Waals surface area contributed by atoms with Crippen LogP contribution in [0.2, 0.25) is 0 Å². The van der Waals surface area contributed by atoms with Crippen LogP contribution in [-0.4, -0.2) is 37.4 Å². The molecule has 0 saturated heterocycles. The number of aryl methyl sites for hydroxylation is 1. The molecule has 0 atom stereocenters. The Kier molecular flexibility index (Phi) is 10.9. The standard InChI is InChI=1S/C32H40O6/c1-6-8-23-9-11-25(12-10-23)29-18-26(13-16-30(29)38-32(35)22(4)20-36-5)28-15-14-27(17-24(28)7-2)37-31(34)21(3)19-33/h13-18,23,25,33H,3-4,6-12,19-20H2,1-2,5H3. The van der Waals surface area contributed by atoms with Crippen molar-refractivity contribution < 1.29 is 28.9 Å². The maximum atomic E-state index is 12.7. The molecule has 1 aliphatic rings. The minimum absolute atomic E-state index is 0.00346. The molecule has 1 aliphatic carbocycles. The number of benzene rings is 2. The highest BCUT2D eigenvalue weighted by Crippen LogP contribution is 2.43. The van der Waals surface area contributed by atoms with Crippen LogP contribution in [-0.2, 0) is 20.7 Å². The van der Waals surface area contributed by atoms with Gasteiger partial charge in [-0.3, -0.25) is 0 Å². The summed E-state index contributed by atoms with van der Waals surface area (Å²) in [6, 6.07) is 11.5. The van der Waals surface area contributed by atoms with Crippen LogP contribution in [0, 0.1) is 5.92 Å². The van der Waals surface area contributed by atoms with Crippen molar-refractivity contribution in [2.24, 2.45) is 5.92 Å². The van der Waals surface area contributed by atoms with Gasteiger partial charge in [0.05, 0.1) is 24.4 Å². The van der Waals surface area contributed by atoms with E-state index < -0.39 is 18.5 Å². The molecule has 2 aromatic carbocycles. The van der Waals surface area contributed by atoms with Gasteiger partial charge in [-0.1, -0.05) is 52.0 Å². The molecule has 2 aromatic rings. The van der Waals surface area contributed by atoms with Crippen molar-refractivity contribution in [3.05, 3.63) is 71.8 Å². The van der Waals surface area contributed by atoms with Gasteiger partial charge in [0.1, 0.15) is 11.5 Å². The zero-order chi connectivity index (χ0) is 27.7. The number of aliphatic hydroxyl groups excluding tert-OH is 1. The predicted octanol–water partition coefficient (Wildman–Crippen LogP) is 6.55. The molecular formula is C32H40O6. The summed E-state index contributed by atoms with van der Waals surface area (Å²) in [6.45, 7) is 11.3. The number of carbonyl (C=O) groups excluding carboxylic acids is 2. The normalized spacial score (nSPS) is 17.1. The van der Waals surface area contributed by atoms with E-state index in [9.17, 15) is 9.59 Å². The molecule has 0 aliphatic heterocycles. The second kappa shape index (κ2) is 14.1. The highest BCUT2D eigenvalue weighted by Gasteiger charge is 2.26. The lowest BCUT2D eigenvalue weighted by atomic mass is 9.76. The number of hydrogen-bond donors (Lipinski definition) is 1. The van der Waals surface area contributed by atoms with Crippen LogP contribution in [0.5, 0.6) is 11.5 Å². The summed E-state index contributed by atoms with van der Waals surface area (Å²) in [5.74, 6) is 0.907. The molecule has 38 heavy (non-hydrogen) atoms. The Balaban J connectivity index is 1.94. The number of methoxy groups -OCH3 is 1. The fourth-order valence-electron chi connectivity index (χ4n) is 5.16. The molecule has 204 valence electrons. The SMILES string of the molecule is C=C(CO)C(=O)Oc1ccc(-c2ccc(OC(=O)C(=C)COC)c(C3CCC(CCC)CC3)c2)c(CC)c1. The van der Waals surface area contributed by atoms with E-state index in [1.54, 1.807) is 6.07 Å². The van der Waals surface area contributed by atoms with Gasteiger partial charge >= 0.3 is 11.9 Å². The van der Waals surface area contributed by atoms with Gasteiger partial charge in [0.15, 0.2) is 0 Å². The Morgan fingerprint density at radius 3 is 2.29 bits per heavy atom. The van der Waals surface area contributed by atoms with E-state index in [-0.39, 0.29) is 17.8 Å². The maximum Gasteiger partial charge on any atom is 0.341 e. The van der Waals surface area contributed by atoms with Gasteiger partial charge in [-0.15, -0.1) is 0 Å². The molecule has 6 heteroatoms. The van der Waals surface area contributed by atoms with Gasteiger partial charge in [-0.25, -0.2) is 9.59 Å². The van der Waals surface area contributed by atoms with Crippen LogP contribution in [0.15, 0.2) is 60.7 Å². The lowest BCUT2D eigenvalue weighted by Gasteiger charge is -2.30. The Hall–Kier alpha value is -3.22. The summed E-state index contributed by atoms with van der Waals surface area (Å²) in [7, 11) is 1.52. The Morgan fingerprint density at radius 1 is 0.947 bits per heavy atom. The van der Waals surface area contributed by atoms with Crippen LogP contribution >= 0.6 is 0 Å². The third kappa shape index (κ3) is 7.42. The largest absolute Gasteiger partial charge is 0.423 e. The lowest BCUT2D eigenvalue weighted by molar-refractivity contribution is -0.131. The molecule has 0 heterocycles. The molecule has 3 rings (SSSR count). The fourth-order valence-corrected chi connectivity index (χ4v) is 5.16. The lowest BCUT2D eigenvalue weighted by Crippen LogP contribution is -2.17. The predicted molar refractivity (Wildman–Crippen MR) is 149 cm³/mol. The maximum absolute atomic E-state index is 12.7. The summed E-state index contributed by atoms with van der Waals surface area (Å²) in [4.78, 5) is 24.7. The van der Waals surface area contributed by atoms with Crippen LogP contribution in [0.1, 0.15) is 69.4 Å². The van der Waals surface area contributed by atoms with Crippen molar-refractivity contribution in [3.63, 3.8) is 0 Å². The summed E-state index contributed by atoms with van der Waals surface area (Å²) in [6.07, 6.45) is 7.65. The molecule has 1 fully saturated rings. The van der Waals surface area contributed by atoms with E-state index in [2.05, 4.69) is 26.1 Å². The molecule has 0 radical (unpaired) electrons. The van der Waals surface area contributed by atoms with E-state index in [0.717, 1.165) is 47.4 Å². The zero-order valence-corrected chi connectivity index (χ0v) is 22.9. The molecule has 1 N–H and O–H groups in total. The molecule has 0 aromatic heterocycles. The number of ether oxygens (including phenoxy) is 3.